The van der Waals surface area contributed by atoms with Crippen LogP contribution in [-0.4, -0.2) is 9.97 Å². The van der Waals surface area contributed by atoms with Crippen LogP contribution in [0, 0.1) is 13.8 Å². The standard InChI is InChI=1S/C41H32N4/c1-28-14-24-38(42-26-28)44(32-10-6-3-4-7-11-32)36-22-18-30-17-21-35-37(23-19-31-16-20-34(36)40(30)41(31)35)45(33-12-8-5-9-13-33)39-25-15-29(2)27-43-39/h3,5-27H,4H2,1-2H3. The fourth-order valence-electron chi connectivity index (χ4n) is 6.43. The Morgan fingerprint density at radius 2 is 1.13 bits per heavy atom. The van der Waals surface area contributed by atoms with Crippen molar-refractivity contribution in [3.05, 3.63) is 163 Å². The average molecular weight is 581 g/mol. The summed E-state index contributed by atoms with van der Waals surface area (Å²) in [5, 5.41) is 7.30. The van der Waals surface area contributed by atoms with Crippen LogP contribution in [0.1, 0.15) is 17.5 Å². The summed E-state index contributed by atoms with van der Waals surface area (Å²) in [5.41, 5.74) is 6.62. The SMILES string of the molecule is Cc1ccc(N(C2=CC=CCC=C2)c2ccc3ccc4c(N(c5ccccc5)c5ccc(C)cn5)ccc5ccc2c3c54)nc1. The topological polar surface area (TPSA) is 32.3 Å². The Balaban J connectivity index is 1.40. The molecule has 8 rings (SSSR count). The van der Waals surface area contributed by atoms with Crippen molar-refractivity contribution in [2.75, 3.05) is 9.80 Å². The number of benzene rings is 5. The van der Waals surface area contributed by atoms with Gasteiger partial charge in [-0.25, -0.2) is 9.97 Å². The van der Waals surface area contributed by atoms with Gasteiger partial charge in [0.15, 0.2) is 0 Å². The van der Waals surface area contributed by atoms with Gasteiger partial charge in [-0.05, 0) is 101 Å². The summed E-state index contributed by atoms with van der Waals surface area (Å²) >= 11 is 0. The number of para-hydroxylation sites is 1. The molecule has 0 radical (unpaired) electrons. The van der Waals surface area contributed by atoms with Crippen molar-refractivity contribution in [2.45, 2.75) is 20.3 Å². The Kier molecular flexibility index (Phi) is 6.61. The summed E-state index contributed by atoms with van der Waals surface area (Å²) < 4.78 is 0. The van der Waals surface area contributed by atoms with Crippen molar-refractivity contribution in [1.29, 1.82) is 0 Å². The second-order valence-electron chi connectivity index (χ2n) is 11.6. The predicted molar refractivity (Wildman–Crippen MR) is 189 cm³/mol. The lowest BCUT2D eigenvalue weighted by atomic mass is 9.92. The van der Waals surface area contributed by atoms with E-state index in [4.69, 9.17) is 9.97 Å². The maximum absolute atomic E-state index is 4.89. The molecule has 1 aliphatic carbocycles. The number of hydrogen-bond acceptors (Lipinski definition) is 4. The molecule has 0 saturated heterocycles. The molecule has 0 amide bonds. The molecule has 0 spiro atoms. The minimum atomic E-state index is 0.888. The maximum Gasteiger partial charge on any atom is 0.137 e. The van der Waals surface area contributed by atoms with Gasteiger partial charge in [-0.15, -0.1) is 0 Å². The largest absolute Gasteiger partial charge is 0.294 e. The van der Waals surface area contributed by atoms with E-state index >= 15 is 0 Å². The van der Waals surface area contributed by atoms with Crippen LogP contribution in [0.4, 0.5) is 28.7 Å². The van der Waals surface area contributed by atoms with Crippen molar-refractivity contribution in [2.24, 2.45) is 0 Å². The number of nitrogens with zero attached hydrogens (tertiary/aromatic N) is 4. The maximum atomic E-state index is 4.89. The molecule has 7 aromatic rings. The second kappa shape index (κ2) is 11.1. The highest BCUT2D eigenvalue weighted by Crippen LogP contribution is 2.46. The lowest BCUT2D eigenvalue weighted by Gasteiger charge is -2.28. The smallest absolute Gasteiger partial charge is 0.137 e. The van der Waals surface area contributed by atoms with Crippen LogP contribution in [-0.2, 0) is 0 Å². The number of rotatable bonds is 6. The summed E-state index contributed by atoms with van der Waals surface area (Å²) in [6, 6.07) is 37.0. The molecule has 2 aromatic heterocycles. The first-order valence-electron chi connectivity index (χ1n) is 15.4. The third-order valence-electron chi connectivity index (χ3n) is 8.59. The molecule has 0 saturated carbocycles. The molecule has 4 nitrogen and oxygen atoms in total. The van der Waals surface area contributed by atoms with Crippen molar-refractivity contribution < 1.29 is 0 Å². The number of hydrogen-bond donors (Lipinski definition) is 0. The Hall–Kier alpha value is -5.74. The highest BCUT2D eigenvalue weighted by molar-refractivity contribution is 6.28. The first-order valence-corrected chi connectivity index (χ1v) is 15.4. The molecule has 0 atom stereocenters. The van der Waals surface area contributed by atoms with Crippen molar-refractivity contribution in [1.82, 2.24) is 9.97 Å². The fraction of sp³-hybridized carbons (Fsp3) is 0.0732. The lowest BCUT2D eigenvalue weighted by molar-refractivity contribution is 1.13. The Morgan fingerprint density at radius 1 is 0.556 bits per heavy atom. The van der Waals surface area contributed by atoms with Crippen molar-refractivity contribution in [3.63, 3.8) is 0 Å². The van der Waals surface area contributed by atoms with Crippen LogP contribution in [0.25, 0.3) is 32.3 Å². The van der Waals surface area contributed by atoms with Crippen LogP contribution in [0.15, 0.2) is 152 Å². The second-order valence-corrected chi connectivity index (χ2v) is 11.6. The van der Waals surface area contributed by atoms with Crippen LogP contribution in [0.2, 0.25) is 0 Å². The normalized spacial score (nSPS) is 13.0. The van der Waals surface area contributed by atoms with Gasteiger partial charge in [-0.3, -0.25) is 9.80 Å². The Morgan fingerprint density at radius 3 is 1.73 bits per heavy atom. The lowest BCUT2D eigenvalue weighted by Crippen LogP contribution is -2.17. The van der Waals surface area contributed by atoms with E-state index in [0.29, 0.717) is 0 Å². The highest BCUT2D eigenvalue weighted by atomic mass is 15.2. The van der Waals surface area contributed by atoms with E-state index in [1.807, 2.05) is 12.4 Å². The van der Waals surface area contributed by atoms with E-state index in [9.17, 15) is 0 Å². The van der Waals surface area contributed by atoms with Gasteiger partial charge in [0.1, 0.15) is 11.6 Å². The number of allylic oxidation sites excluding steroid dienone is 5. The van der Waals surface area contributed by atoms with E-state index in [0.717, 1.165) is 51.9 Å². The summed E-state index contributed by atoms with van der Waals surface area (Å²) in [7, 11) is 0. The molecular weight excluding hydrogens is 548 g/mol. The molecule has 0 fully saturated rings. The molecule has 0 bridgehead atoms. The third-order valence-corrected chi connectivity index (χ3v) is 8.59. The number of anilines is 5. The average Bonchev–Trinajstić information content (AvgIpc) is 3.37. The number of aryl methyl sites for hydroxylation is 2. The van der Waals surface area contributed by atoms with E-state index in [2.05, 4.69) is 157 Å². The van der Waals surface area contributed by atoms with Gasteiger partial charge in [-0.2, -0.15) is 0 Å². The molecule has 0 unspecified atom stereocenters. The van der Waals surface area contributed by atoms with E-state index in [1.165, 1.54) is 32.3 Å². The third kappa shape index (κ3) is 4.72. The van der Waals surface area contributed by atoms with Gasteiger partial charge in [0, 0.05) is 34.6 Å². The zero-order valence-corrected chi connectivity index (χ0v) is 25.4. The first-order chi connectivity index (χ1) is 22.2. The summed E-state index contributed by atoms with van der Waals surface area (Å²) in [6.07, 6.45) is 15.7. The molecule has 0 aliphatic heterocycles. The van der Waals surface area contributed by atoms with Crippen LogP contribution in [0.5, 0.6) is 0 Å². The molecule has 45 heavy (non-hydrogen) atoms. The van der Waals surface area contributed by atoms with Crippen molar-refractivity contribution >= 4 is 61.0 Å². The van der Waals surface area contributed by atoms with Gasteiger partial charge in [-0.1, -0.05) is 85.0 Å². The first kappa shape index (κ1) is 26.9. The van der Waals surface area contributed by atoms with E-state index < -0.39 is 0 Å². The van der Waals surface area contributed by atoms with Crippen molar-refractivity contribution in [3.8, 4) is 0 Å². The number of pyridine rings is 2. The van der Waals surface area contributed by atoms with E-state index in [-0.39, 0.29) is 0 Å². The summed E-state index contributed by atoms with van der Waals surface area (Å²) in [4.78, 5) is 14.3. The van der Waals surface area contributed by atoms with Gasteiger partial charge < -0.3 is 0 Å². The van der Waals surface area contributed by atoms with Crippen LogP contribution in [0.3, 0.4) is 0 Å². The van der Waals surface area contributed by atoms with Crippen LogP contribution >= 0.6 is 0 Å². The Bertz CT molecular complexity index is 2250. The molecule has 216 valence electrons. The molecule has 0 N–H and O–H groups in total. The molecular formula is C41H32N4. The monoisotopic (exact) mass is 580 g/mol. The summed E-state index contributed by atoms with van der Waals surface area (Å²) in [5.74, 6) is 1.78. The predicted octanol–water partition coefficient (Wildman–Crippen LogP) is 11.0. The number of aromatic nitrogens is 2. The minimum Gasteiger partial charge on any atom is -0.294 e. The van der Waals surface area contributed by atoms with Gasteiger partial charge in [0.25, 0.3) is 0 Å². The quantitative estimate of drug-likeness (QED) is 0.183. The van der Waals surface area contributed by atoms with E-state index in [1.54, 1.807) is 0 Å². The Labute approximate surface area is 263 Å². The zero-order chi connectivity index (χ0) is 30.3. The fourth-order valence-corrected chi connectivity index (χ4v) is 6.43. The molecule has 1 aliphatic rings. The van der Waals surface area contributed by atoms with Gasteiger partial charge in [0.2, 0.25) is 0 Å². The van der Waals surface area contributed by atoms with Crippen LogP contribution < -0.4 is 9.80 Å². The van der Waals surface area contributed by atoms with Gasteiger partial charge >= 0.3 is 0 Å². The molecule has 4 heteroatoms. The molecule has 5 aromatic carbocycles. The summed E-state index contributed by atoms with van der Waals surface area (Å²) in [6.45, 7) is 4.15. The molecule has 2 heterocycles. The van der Waals surface area contributed by atoms with Gasteiger partial charge in [0.05, 0.1) is 11.4 Å². The highest BCUT2D eigenvalue weighted by Gasteiger charge is 2.22. The minimum absolute atomic E-state index is 0.888. The zero-order valence-electron chi connectivity index (χ0n) is 25.4.